The number of aromatic amines is 1. The van der Waals surface area contributed by atoms with Crippen LogP contribution in [0.3, 0.4) is 0 Å². The molecular formula is C23H28N4O2. The van der Waals surface area contributed by atoms with Crippen molar-refractivity contribution in [1.82, 2.24) is 15.5 Å². The van der Waals surface area contributed by atoms with E-state index < -0.39 is 0 Å². The standard InChI is InChI=1S/C23H28N4O2/c28-23-21-10-3-2-9-20(21)22(26-27-23)17-7-6-8-18(15-17)24-12-4-1-5-13-25-19-11-14-29-16-19/h2-3,6-10,15,19,24-25H,1,4-5,11-14,16H2,(H,27,28)/t19-/m1/s1. The van der Waals surface area contributed by atoms with Gasteiger partial charge in [-0.1, -0.05) is 36.8 Å². The van der Waals surface area contributed by atoms with E-state index >= 15 is 0 Å². The number of fused-ring (bicyclic) bond motifs is 1. The predicted octanol–water partition coefficient (Wildman–Crippen LogP) is 3.55. The molecule has 29 heavy (non-hydrogen) atoms. The van der Waals surface area contributed by atoms with Gasteiger partial charge < -0.3 is 15.4 Å². The summed E-state index contributed by atoms with van der Waals surface area (Å²) in [6.45, 7) is 3.76. The summed E-state index contributed by atoms with van der Waals surface area (Å²) in [4.78, 5) is 12.0. The van der Waals surface area contributed by atoms with Crippen LogP contribution in [0.4, 0.5) is 5.69 Å². The number of unbranched alkanes of at least 4 members (excludes halogenated alkanes) is 2. The molecule has 6 nitrogen and oxygen atoms in total. The molecule has 1 fully saturated rings. The lowest BCUT2D eigenvalue weighted by Gasteiger charge is -2.11. The first kappa shape index (κ1) is 19.6. The average Bonchev–Trinajstić information content (AvgIpc) is 3.27. The molecule has 0 saturated carbocycles. The summed E-state index contributed by atoms with van der Waals surface area (Å²) < 4.78 is 5.38. The number of anilines is 1. The third-order valence-electron chi connectivity index (χ3n) is 5.38. The second kappa shape index (κ2) is 9.67. The van der Waals surface area contributed by atoms with Gasteiger partial charge in [-0.25, -0.2) is 5.10 Å². The summed E-state index contributed by atoms with van der Waals surface area (Å²) in [5, 5.41) is 15.5. The summed E-state index contributed by atoms with van der Waals surface area (Å²) in [7, 11) is 0. The zero-order valence-corrected chi connectivity index (χ0v) is 16.6. The van der Waals surface area contributed by atoms with Gasteiger partial charge in [-0.05, 0) is 44.0 Å². The van der Waals surface area contributed by atoms with Gasteiger partial charge in [-0.2, -0.15) is 5.10 Å². The highest BCUT2D eigenvalue weighted by Crippen LogP contribution is 2.26. The minimum Gasteiger partial charge on any atom is -0.385 e. The lowest BCUT2D eigenvalue weighted by atomic mass is 10.0. The van der Waals surface area contributed by atoms with Gasteiger partial charge in [0.25, 0.3) is 5.56 Å². The van der Waals surface area contributed by atoms with Gasteiger partial charge in [0.05, 0.1) is 17.7 Å². The number of nitrogens with zero attached hydrogens (tertiary/aromatic N) is 1. The Hall–Kier alpha value is -2.70. The molecule has 3 aromatic rings. The minimum absolute atomic E-state index is 0.159. The Morgan fingerprint density at radius 3 is 2.76 bits per heavy atom. The van der Waals surface area contributed by atoms with Crippen LogP contribution >= 0.6 is 0 Å². The molecule has 0 amide bonds. The van der Waals surface area contributed by atoms with Gasteiger partial charge in [-0.3, -0.25) is 4.79 Å². The van der Waals surface area contributed by atoms with Crippen molar-refractivity contribution in [2.45, 2.75) is 31.7 Å². The normalized spacial score (nSPS) is 16.3. The van der Waals surface area contributed by atoms with Crippen molar-refractivity contribution >= 4 is 16.5 Å². The first-order valence-corrected chi connectivity index (χ1v) is 10.4. The fraction of sp³-hybridized carbons (Fsp3) is 0.391. The third-order valence-corrected chi connectivity index (χ3v) is 5.38. The Balaban J connectivity index is 1.30. The molecule has 3 N–H and O–H groups in total. The van der Waals surface area contributed by atoms with Crippen molar-refractivity contribution < 1.29 is 4.74 Å². The van der Waals surface area contributed by atoms with E-state index in [1.807, 2.05) is 36.4 Å². The SMILES string of the molecule is O=c1[nH]nc(-c2cccc(NCCCCCN[C@@H]3CCOC3)c2)c2ccccc12. The Kier molecular flexibility index (Phi) is 6.54. The Morgan fingerprint density at radius 2 is 1.90 bits per heavy atom. The zero-order chi connectivity index (χ0) is 19.9. The molecular weight excluding hydrogens is 364 g/mol. The average molecular weight is 393 g/mol. The van der Waals surface area contributed by atoms with E-state index in [4.69, 9.17) is 4.74 Å². The molecule has 1 aliphatic rings. The molecule has 1 saturated heterocycles. The van der Waals surface area contributed by atoms with E-state index in [0.29, 0.717) is 11.4 Å². The van der Waals surface area contributed by atoms with Crippen LogP contribution in [-0.4, -0.2) is 42.5 Å². The fourth-order valence-electron chi connectivity index (χ4n) is 3.77. The van der Waals surface area contributed by atoms with Gasteiger partial charge in [0.2, 0.25) is 0 Å². The Bertz CT molecular complexity index is 995. The molecule has 1 aromatic heterocycles. The van der Waals surface area contributed by atoms with Crippen LogP contribution in [-0.2, 0) is 4.74 Å². The number of rotatable bonds is 9. The number of nitrogens with one attached hydrogen (secondary N) is 3. The van der Waals surface area contributed by atoms with Crippen molar-refractivity contribution in [3.05, 3.63) is 58.9 Å². The molecule has 1 atom stereocenters. The van der Waals surface area contributed by atoms with Gasteiger partial charge in [0.15, 0.2) is 0 Å². The van der Waals surface area contributed by atoms with E-state index in [0.717, 1.165) is 61.5 Å². The van der Waals surface area contributed by atoms with Gasteiger partial charge in [0.1, 0.15) is 0 Å². The van der Waals surface area contributed by atoms with Crippen LogP contribution in [0.1, 0.15) is 25.7 Å². The Labute approximate surface area is 170 Å². The van der Waals surface area contributed by atoms with E-state index in [2.05, 4.69) is 33.0 Å². The summed E-state index contributed by atoms with van der Waals surface area (Å²) in [5.74, 6) is 0. The molecule has 152 valence electrons. The number of hydrogen-bond acceptors (Lipinski definition) is 5. The highest BCUT2D eigenvalue weighted by molar-refractivity contribution is 5.94. The summed E-state index contributed by atoms with van der Waals surface area (Å²) in [6, 6.07) is 16.3. The van der Waals surface area contributed by atoms with Gasteiger partial charge >= 0.3 is 0 Å². The largest absolute Gasteiger partial charge is 0.385 e. The number of H-pyrrole nitrogens is 1. The zero-order valence-electron chi connectivity index (χ0n) is 16.6. The summed E-state index contributed by atoms with van der Waals surface area (Å²) in [5.41, 5.74) is 2.70. The highest BCUT2D eigenvalue weighted by atomic mass is 16.5. The third kappa shape index (κ3) is 5.02. The van der Waals surface area contributed by atoms with E-state index in [9.17, 15) is 4.79 Å². The van der Waals surface area contributed by atoms with Crippen molar-refractivity contribution in [2.75, 3.05) is 31.6 Å². The van der Waals surface area contributed by atoms with Crippen molar-refractivity contribution in [2.24, 2.45) is 0 Å². The first-order valence-electron chi connectivity index (χ1n) is 10.4. The quantitative estimate of drug-likeness (QED) is 0.485. The minimum atomic E-state index is -0.159. The van der Waals surface area contributed by atoms with Crippen LogP contribution in [0.25, 0.3) is 22.0 Å². The summed E-state index contributed by atoms with van der Waals surface area (Å²) >= 11 is 0. The fourth-order valence-corrected chi connectivity index (χ4v) is 3.77. The second-order valence-corrected chi connectivity index (χ2v) is 7.53. The lowest BCUT2D eigenvalue weighted by Crippen LogP contribution is -2.29. The predicted molar refractivity (Wildman–Crippen MR) is 117 cm³/mol. The molecule has 0 radical (unpaired) electrons. The number of ether oxygens (including phenoxy) is 1. The Morgan fingerprint density at radius 1 is 1.03 bits per heavy atom. The molecule has 6 heteroatoms. The molecule has 0 aliphatic carbocycles. The maximum absolute atomic E-state index is 12.0. The molecule has 0 unspecified atom stereocenters. The van der Waals surface area contributed by atoms with E-state index in [1.54, 1.807) is 0 Å². The first-order chi connectivity index (χ1) is 14.3. The molecule has 2 heterocycles. The number of hydrogen-bond donors (Lipinski definition) is 3. The van der Waals surface area contributed by atoms with E-state index in [-0.39, 0.29) is 5.56 Å². The van der Waals surface area contributed by atoms with Crippen LogP contribution in [0.2, 0.25) is 0 Å². The number of aromatic nitrogens is 2. The van der Waals surface area contributed by atoms with Gasteiger partial charge in [0, 0.05) is 35.8 Å². The number of benzene rings is 2. The maximum Gasteiger partial charge on any atom is 0.272 e. The molecule has 0 spiro atoms. The van der Waals surface area contributed by atoms with Crippen LogP contribution in [0.5, 0.6) is 0 Å². The van der Waals surface area contributed by atoms with Crippen LogP contribution in [0, 0.1) is 0 Å². The molecule has 2 aromatic carbocycles. The van der Waals surface area contributed by atoms with Crippen molar-refractivity contribution in [3.63, 3.8) is 0 Å². The topological polar surface area (TPSA) is 79.0 Å². The smallest absolute Gasteiger partial charge is 0.272 e. The molecule has 4 rings (SSSR count). The van der Waals surface area contributed by atoms with Crippen LogP contribution in [0.15, 0.2) is 53.3 Å². The monoisotopic (exact) mass is 392 g/mol. The molecule has 1 aliphatic heterocycles. The van der Waals surface area contributed by atoms with Crippen molar-refractivity contribution in [1.29, 1.82) is 0 Å². The van der Waals surface area contributed by atoms with Crippen LogP contribution < -0.4 is 16.2 Å². The van der Waals surface area contributed by atoms with E-state index in [1.165, 1.54) is 12.8 Å². The maximum atomic E-state index is 12.0. The lowest BCUT2D eigenvalue weighted by molar-refractivity contribution is 0.190. The summed E-state index contributed by atoms with van der Waals surface area (Å²) in [6.07, 6.45) is 4.65. The van der Waals surface area contributed by atoms with Crippen molar-refractivity contribution in [3.8, 4) is 11.3 Å². The van der Waals surface area contributed by atoms with Gasteiger partial charge in [-0.15, -0.1) is 0 Å². The second-order valence-electron chi connectivity index (χ2n) is 7.53. The highest BCUT2D eigenvalue weighted by Gasteiger charge is 2.13. The molecule has 0 bridgehead atoms.